The molecule has 1 atom stereocenters. The van der Waals surface area contributed by atoms with E-state index in [1.807, 2.05) is 34.6 Å². The van der Waals surface area contributed by atoms with E-state index >= 15 is 0 Å². The molecule has 6 nitrogen and oxygen atoms in total. The molecule has 0 spiro atoms. The van der Waals surface area contributed by atoms with Crippen molar-refractivity contribution >= 4 is 11.7 Å². The highest BCUT2D eigenvalue weighted by Gasteiger charge is 2.38. The lowest BCUT2D eigenvalue weighted by Crippen LogP contribution is -2.45. The van der Waals surface area contributed by atoms with Crippen LogP contribution in [-0.4, -0.2) is 22.2 Å². The van der Waals surface area contributed by atoms with Crippen LogP contribution in [0.15, 0.2) is 35.7 Å². The maximum absolute atomic E-state index is 12.1. The van der Waals surface area contributed by atoms with Crippen LogP contribution in [0.3, 0.4) is 0 Å². The number of nitriles is 1. The second-order valence-corrected chi connectivity index (χ2v) is 7.83. The number of anilines is 1. The zero-order valence-electron chi connectivity index (χ0n) is 15.7. The van der Waals surface area contributed by atoms with Gasteiger partial charge in [-0.15, -0.1) is 0 Å². The fraction of sp³-hybridized carbons (Fsp3) is 0.400. The Labute approximate surface area is 153 Å². The van der Waals surface area contributed by atoms with Gasteiger partial charge in [0, 0.05) is 11.9 Å². The Balaban J connectivity index is 2.74. The third-order valence-electron chi connectivity index (χ3n) is 4.43. The summed E-state index contributed by atoms with van der Waals surface area (Å²) in [6, 6.07) is 4.16. The second-order valence-electron chi connectivity index (χ2n) is 7.83. The van der Waals surface area contributed by atoms with Gasteiger partial charge in [0.05, 0.1) is 17.3 Å². The zero-order chi connectivity index (χ0) is 19.8. The smallest absolute Gasteiger partial charge is 0.331 e. The van der Waals surface area contributed by atoms with E-state index in [0.29, 0.717) is 22.4 Å². The molecule has 0 radical (unpaired) electrons. The number of rotatable bonds is 3. The van der Waals surface area contributed by atoms with Gasteiger partial charge in [0.15, 0.2) is 6.04 Å². The number of aromatic hydroxyl groups is 1. The highest BCUT2D eigenvalue weighted by atomic mass is 16.4. The van der Waals surface area contributed by atoms with Crippen LogP contribution >= 0.6 is 0 Å². The molecular weight excluding hydrogens is 330 g/mol. The first kappa shape index (κ1) is 19.4. The van der Waals surface area contributed by atoms with Crippen LogP contribution in [-0.2, 0) is 4.79 Å². The number of nitrogens with two attached hydrogens (primary N) is 1. The van der Waals surface area contributed by atoms with E-state index in [4.69, 9.17) is 5.73 Å². The van der Waals surface area contributed by atoms with E-state index in [1.54, 1.807) is 12.1 Å². The molecule has 0 saturated carbocycles. The first-order valence-corrected chi connectivity index (χ1v) is 8.45. The molecular formula is C20H25N3O3. The van der Waals surface area contributed by atoms with E-state index in [9.17, 15) is 20.3 Å². The monoisotopic (exact) mass is 355 g/mol. The zero-order valence-corrected chi connectivity index (χ0v) is 15.7. The van der Waals surface area contributed by atoms with Crippen molar-refractivity contribution < 1.29 is 15.0 Å². The van der Waals surface area contributed by atoms with Crippen molar-refractivity contribution in [3.05, 3.63) is 46.8 Å². The van der Waals surface area contributed by atoms with Crippen LogP contribution in [0.4, 0.5) is 5.69 Å². The van der Waals surface area contributed by atoms with Gasteiger partial charge in [-0.3, -0.25) is 0 Å². The molecule has 2 rings (SSSR count). The van der Waals surface area contributed by atoms with Crippen LogP contribution < -0.4 is 10.6 Å². The van der Waals surface area contributed by atoms with Crippen molar-refractivity contribution in [2.45, 2.75) is 46.6 Å². The number of carboxylic acid groups (broad SMARTS) is 1. The van der Waals surface area contributed by atoms with Crippen molar-refractivity contribution in [1.82, 2.24) is 0 Å². The van der Waals surface area contributed by atoms with Crippen molar-refractivity contribution in [1.29, 1.82) is 5.26 Å². The number of hydrogen-bond donors (Lipinski definition) is 3. The Bertz CT molecular complexity index is 839. The number of phenolic OH excluding ortho intramolecular Hbond substituents is 1. The molecule has 1 unspecified atom stereocenters. The van der Waals surface area contributed by atoms with E-state index in [1.165, 1.54) is 17.2 Å². The van der Waals surface area contributed by atoms with Gasteiger partial charge in [0.1, 0.15) is 5.75 Å². The fourth-order valence-corrected chi connectivity index (χ4v) is 3.11. The first-order valence-electron chi connectivity index (χ1n) is 8.45. The summed E-state index contributed by atoms with van der Waals surface area (Å²) in [6.07, 6.45) is 3.16. The van der Waals surface area contributed by atoms with Crippen LogP contribution in [0.5, 0.6) is 5.75 Å². The molecule has 1 heterocycles. The van der Waals surface area contributed by atoms with Gasteiger partial charge >= 0.3 is 5.97 Å². The Morgan fingerprint density at radius 3 is 2.42 bits per heavy atom. The van der Waals surface area contributed by atoms with Gasteiger partial charge in [-0.1, -0.05) is 34.6 Å². The van der Waals surface area contributed by atoms with E-state index < -0.39 is 17.4 Å². The normalized spacial score (nSPS) is 17.6. The van der Waals surface area contributed by atoms with Crippen LogP contribution in [0.1, 0.15) is 51.7 Å². The lowest BCUT2D eigenvalue weighted by Gasteiger charge is -2.38. The van der Waals surface area contributed by atoms with E-state index in [0.717, 1.165) is 0 Å². The van der Waals surface area contributed by atoms with Crippen molar-refractivity contribution in [3.8, 4) is 11.8 Å². The molecule has 1 aliphatic heterocycles. The van der Waals surface area contributed by atoms with Crippen molar-refractivity contribution in [2.75, 3.05) is 4.90 Å². The molecule has 0 bridgehead atoms. The molecule has 1 aromatic carbocycles. The molecule has 0 fully saturated rings. The number of allylic oxidation sites excluding steroid dienone is 1. The molecule has 0 aliphatic carbocycles. The minimum atomic E-state index is -1.05. The summed E-state index contributed by atoms with van der Waals surface area (Å²) in [6.45, 7) is 9.54. The molecule has 0 saturated heterocycles. The third-order valence-corrected chi connectivity index (χ3v) is 4.43. The molecule has 1 aliphatic rings. The van der Waals surface area contributed by atoms with Crippen molar-refractivity contribution in [3.63, 3.8) is 0 Å². The minimum absolute atomic E-state index is 0.0333. The van der Waals surface area contributed by atoms with Gasteiger partial charge in [-0.2, -0.15) is 5.26 Å². The quantitative estimate of drug-likeness (QED) is 0.766. The van der Waals surface area contributed by atoms with Crippen LogP contribution in [0, 0.1) is 16.7 Å². The molecule has 26 heavy (non-hydrogen) atoms. The number of phenols is 1. The maximum atomic E-state index is 12.1. The Morgan fingerprint density at radius 1 is 1.35 bits per heavy atom. The summed E-state index contributed by atoms with van der Waals surface area (Å²) in [5.74, 6) is -1.12. The predicted molar refractivity (Wildman–Crippen MR) is 101 cm³/mol. The SMILES string of the molecule is CC(C)c1cc(C#N)cc(N2C=C(N)C=C(C(C)(C)C)C2C(=O)O)c1O. The summed E-state index contributed by atoms with van der Waals surface area (Å²) >= 11 is 0. The van der Waals surface area contributed by atoms with Gasteiger partial charge < -0.3 is 20.8 Å². The van der Waals surface area contributed by atoms with Gasteiger partial charge in [-0.25, -0.2) is 4.79 Å². The molecule has 138 valence electrons. The molecule has 4 N–H and O–H groups in total. The highest BCUT2D eigenvalue weighted by molar-refractivity contribution is 5.86. The molecule has 6 heteroatoms. The van der Waals surface area contributed by atoms with Crippen LogP contribution in [0.25, 0.3) is 0 Å². The summed E-state index contributed by atoms with van der Waals surface area (Å²) in [7, 11) is 0. The number of hydrogen-bond acceptors (Lipinski definition) is 5. The molecule has 1 aromatic rings. The highest BCUT2D eigenvalue weighted by Crippen LogP contribution is 2.42. The van der Waals surface area contributed by atoms with Crippen molar-refractivity contribution in [2.24, 2.45) is 11.1 Å². The average Bonchev–Trinajstić information content (AvgIpc) is 2.52. The maximum Gasteiger partial charge on any atom is 0.331 e. The van der Waals surface area contributed by atoms with Gasteiger partial charge in [0.2, 0.25) is 0 Å². The summed E-state index contributed by atoms with van der Waals surface area (Å²) < 4.78 is 0. The Kier molecular flexibility index (Phi) is 5.04. The van der Waals surface area contributed by atoms with E-state index in [2.05, 4.69) is 6.07 Å². The summed E-state index contributed by atoms with van der Waals surface area (Å²) in [5, 5.41) is 30.0. The molecule has 0 amide bonds. The lowest BCUT2D eigenvalue weighted by atomic mass is 9.79. The van der Waals surface area contributed by atoms with Gasteiger partial charge in [-0.05, 0) is 40.7 Å². The van der Waals surface area contributed by atoms with Gasteiger partial charge in [0.25, 0.3) is 0 Å². The number of aliphatic carboxylic acids is 1. The van der Waals surface area contributed by atoms with Crippen LogP contribution in [0.2, 0.25) is 0 Å². The fourth-order valence-electron chi connectivity index (χ4n) is 3.11. The number of nitrogens with zero attached hydrogens (tertiary/aromatic N) is 2. The third kappa shape index (κ3) is 3.52. The topological polar surface area (TPSA) is 111 Å². The number of carbonyl (C=O) groups is 1. The van der Waals surface area contributed by atoms with E-state index in [-0.39, 0.29) is 17.4 Å². The lowest BCUT2D eigenvalue weighted by molar-refractivity contribution is -0.137. The summed E-state index contributed by atoms with van der Waals surface area (Å²) in [4.78, 5) is 13.5. The summed E-state index contributed by atoms with van der Waals surface area (Å²) in [5.41, 5.74) is 7.80. The standard InChI is InChI=1S/C20H25N3O3/c1-11(2)14-6-12(9-21)7-16(18(14)24)23-10-13(22)8-15(20(3,4)5)17(23)19(25)26/h6-8,10-11,17,24H,22H2,1-5H3,(H,25,26). The largest absolute Gasteiger partial charge is 0.505 e. The first-order chi connectivity index (χ1) is 12.0. The number of carboxylic acids is 1. The Morgan fingerprint density at radius 2 is 1.96 bits per heavy atom. The molecule has 0 aromatic heterocycles. The Hall–Kier alpha value is -2.94. The minimum Gasteiger partial charge on any atom is -0.505 e. The average molecular weight is 355 g/mol. The number of benzene rings is 1. The second kappa shape index (κ2) is 6.75. The predicted octanol–water partition coefficient (Wildman–Crippen LogP) is 3.43.